The molecule has 4 rings (SSSR count). The highest BCUT2D eigenvalue weighted by Crippen LogP contribution is 2.30. The van der Waals surface area contributed by atoms with Crippen molar-refractivity contribution in [3.8, 4) is 23.1 Å². The van der Waals surface area contributed by atoms with Gasteiger partial charge in [0.1, 0.15) is 22.3 Å². The lowest BCUT2D eigenvalue weighted by atomic mass is 10.1. The fourth-order valence-electron chi connectivity index (χ4n) is 3.18. The molecule has 3 heterocycles. The van der Waals surface area contributed by atoms with Gasteiger partial charge in [0.05, 0.1) is 12.7 Å². The summed E-state index contributed by atoms with van der Waals surface area (Å²) in [6.45, 7) is 1.68. The molecule has 0 spiro atoms. The average Bonchev–Trinajstić information content (AvgIpc) is 2.81. The maximum atomic E-state index is 13.0. The number of hydrogen-bond acceptors (Lipinski definition) is 7. The summed E-state index contributed by atoms with van der Waals surface area (Å²) in [5, 5.41) is 9.26. The normalized spacial score (nSPS) is 11.2. The number of anilines is 1. The third-order valence-electron chi connectivity index (χ3n) is 4.79. The molecule has 32 heavy (non-hydrogen) atoms. The largest absolute Gasteiger partial charge is 0.480 e. The van der Waals surface area contributed by atoms with Crippen LogP contribution in [0.4, 0.5) is 5.69 Å². The zero-order valence-corrected chi connectivity index (χ0v) is 17.9. The molecule has 1 aromatic carbocycles. The second-order valence-electron chi connectivity index (χ2n) is 6.89. The number of hydrogen-bond donors (Lipinski definition) is 1. The van der Waals surface area contributed by atoms with Crippen molar-refractivity contribution in [2.24, 2.45) is 0 Å². The number of nitrogens with one attached hydrogen (secondary N) is 1. The van der Waals surface area contributed by atoms with Crippen LogP contribution in [-0.2, 0) is 10.0 Å². The SMILES string of the molecule is COc1ncc(-c2ccc3ncc(C)c(=O)n3c2)cc1NS(=O)(=O)c1ccccc1C#N. The molecule has 0 bridgehead atoms. The molecule has 0 saturated carbocycles. The molecule has 0 atom stereocenters. The summed E-state index contributed by atoms with van der Waals surface area (Å²) < 4.78 is 35.0. The summed E-state index contributed by atoms with van der Waals surface area (Å²) in [7, 11) is -2.72. The fourth-order valence-corrected chi connectivity index (χ4v) is 4.39. The molecule has 0 amide bonds. The Hall–Kier alpha value is -4.23. The summed E-state index contributed by atoms with van der Waals surface area (Å²) in [5.41, 5.74) is 2.06. The molecule has 0 aliphatic rings. The van der Waals surface area contributed by atoms with Crippen molar-refractivity contribution in [3.05, 3.63) is 82.5 Å². The van der Waals surface area contributed by atoms with Gasteiger partial charge in [-0.1, -0.05) is 12.1 Å². The van der Waals surface area contributed by atoms with E-state index in [4.69, 9.17) is 4.74 Å². The number of benzene rings is 1. The Morgan fingerprint density at radius 2 is 1.88 bits per heavy atom. The van der Waals surface area contributed by atoms with E-state index >= 15 is 0 Å². The Kier molecular flexibility index (Phi) is 5.34. The van der Waals surface area contributed by atoms with Crippen LogP contribution >= 0.6 is 0 Å². The number of aromatic nitrogens is 3. The van der Waals surface area contributed by atoms with Crippen LogP contribution in [0.15, 0.2) is 70.7 Å². The zero-order chi connectivity index (χ0) is 22.9. The van der Waals surface area contributed by atoms with Crippen LogP contribution < -0.4 is 15.0 Å². The molecule has 3 aromatic heterocycles. The van der Waals surface area contributed by atoms with E-state index in [-0.39, 0.29) is 27.6 Å². The van der Waals surface area contributed by atoms with Crippen molar-refractivity contribution < 1.29 is 13.2 Å². The van der Waals surface area contributed by atoms with E-state index in [9.17, 15) is 18.5 Å². The Balaban J connectivity index is 1.80. The van der Waals surface area contributed by atoms with Crippen LogP contribution in [0, 0.1) is 18.3 Å². The lowest BCUT2D eigenvalue weighted by Gasteiger charge is -2.13. The van der Waals surface area contributed by atoms with Gasteiger partial charge in [-0.3, -0.25) is 13.9 Å². The van der Waals surface area contributed by atoms with Crippen molar-refractivity contribution >= 4 is 21.4 Å². The van der Waals surface area contributed by atoms with E-state index in [1.165, 1.54) is 42.1 Å². The Morgan fingerprint density at radius 3 is 2.62 bits per heavy atom. The summed E-state index contributed by atoms with van der Waals surface area (Å²) in [5.74, 6) is 0.0576. The van der Waals surface area contributed by atoms with E-state index in [1.807, 2.05) is 6.07 Å². The van der Waals surface area contributed by atoms with Crippen molar-refractivity contribution in [1.82, 2.24) is 14.4 Å². The molecule has 9 nitrogen and oxygen atoms in total. The quantitative estimate of drug-likeness (QED) is 0.498. The van der Waals surface area contributed by atoms with Crippen LogP contribution in [0.2, 0.25) is 0 Å². The molecule has 160 valence electrons. The number of sulfonamides is 1. The number of nitrogens with zero attached hydrogens (tertiary/aromatic N) is 4. The molecular formula is C22H17N5O4S. The highest BCUT2D eigenvalue weighted by atomic mass is 32.2. The molecule has 4 aromatic rings. The monoisotopic (exact) mass is 447 g/mol. The van der Waals surface area contributed by atoms with Gasteiger partial charge < -0.3 is 4.74 Å². The van der Waals surface area contributed by atoms with E-state index in [0.29, 0.717) is 22.3 Å². The van der Waals surface area contributed by atoms with Gasteiger partial charge in [0.15, 0.2) is 0 Å². The number of pyridine rings is 2. The van der Waals surface area contributed by atoms with Crippen LogP contribution in [0.3, 0.4) is 0 Å². The molecule has 0 radical (unpaired) electrons. The minimum absolute atomic E-state index is 0.0138. The second-order valence-corrected chi connectivity index (χ2v) is 8.54. The first-order chi connectivity index (χ1) is 15.3. The van der Waals surface area contributed by atoms with Gasteiger partial charge in [-0.15, -0.1) is 0 Å². The van der Waals surface area contributed by atoms with E-state index < -0.39 is 10.0 Å². The highest BCUT2D eigenvalue weighted by molar-refractivity contribution is 7.92. The Morgan fingerprint density at radius 1 is 1.09 bits per heavy atom. The van der Waals surface area contributed by atoms with Gasteiger partial charge in [-0.2, -0.15) is 5.26 Å². The Bertz CT molecular complexity index is 1560. The topological polar surface area (TPSA) is 126 Å². The lowest BCUT2D eigenvalue weighted by Crippen LogP contribution is -2.17. The molecule has 0 aliphatic heterocycles. The van der Waals surface area contributed by atoms with E-state index in [2.05, 4.69) is 14.7 Å². The fraction of sp³-hybridized carbons (Fsp3) is 0.0909. The first-order valence-corrected chi connectivity index (χ1v) is 10.9. The number of aryl methyl sites for hydroxylation is 1. The van der Waals surface area contributed by atoms with Crippen LogP contribution in [0.5, 0.6) is 5.88 Å². The van der Waals surface area contributed by atoms with Crippen molar-refractivity contribution in [2.45, 2.75) is 11.8 Å². The third kappa shape index (κ3) is 3.77. The number of fused-ring (bicyclic) bond motifs is 1. The number of ether oxygens (including phenoxy) is 1. The highest BCUT2D eigenvalue weighted by Gasteiger charge is 2.21. The number of methoxy groups -OCH3 is 1. The zero-order valence-electron chi connectivity index (χ0n) is 17.1. The van der Waals surface area contributed by atoms with Crippen LogP contribution in [0.1, 0.15) is 11.1 Å². The number of rotatable bonds is 5. The van der Waals surface area contributed by atoms with E-state index in [0.717, 1.165) is 0 Å². The summed E-state index contributed by atoms with van der Waals surface area (Å²) in [4.78, 5) is 20.7. The van der Waals surface area contributed by atoms with Gasteiger partial charge in [-0.05, 0) is 37.3 Å². The number of nitriles is 1. The summed E-state index contributed by atoms with van der Waals surface area (Å²) in [6.07, 6.45) is 4.64. The third-order valence-corrected chi connectivity index (χ3v) is 6.22. The molecule has 0 saturated heterocycles. The first kappa shape index (κ1) is 21.0. The molecule has 10 heteroatoms. The van der Waals surface area contributed by atoms with Gasteiger partial charge in [0.2, 0.25) is 5.88 Å². The van der Waals surface area contributed by atoms with Gasteiger partial charge in [0, 0.05) is 35.3 Å². The maximum absolute atomic E-state index is 13.0. The molecule has 0 unspecified atom stereocenters. The molecule has 0 aliphatic carbocycles. The molecule has 0 fully saturated rings. The van der Waals surface area contributed by atoms with Gasteiger partial charge in [-0.25, -0.2) is 18.4 Å². The van der Waals surface area contributed by atoms with Crippen molar-refractivity contribution in [3.63, 3.8) is 0 Å². The maximum Gasteiger partial charge on any atom is 0.263 e. The first-order valence-electron chi connectivity index (χ1n) is 9.38. The predicted molar refractivity (Wildman–Crippen MR) is 118 cm³/mol. The Labute approximate surface area is 183 Å². The van der Waals surface area contributed by atoms with Crippen molar-refractivity contribution in [1.29, 1.82) is 5.26 Å². The van der Waals surface area contributed by atoms with Gasteiger partial charge in [0.25, 0.3) is 15.6 Å². The van der Waals surface area contributed by atoms with Crippen LogP contribution in [0.25, 0.3) is 16.8 Å². The summed E-state index contributed by atoms with van der Waals surface area (Å²) >= 11 is 0. The summed E-state index contributed by atoms with van der Waals surface area (Å²) in [6, 6.07) is 12.7. The van der Waals surface area contributed by atoms with Crippen molar-refractivity contribution in [2.75, 3.05) is 11.8 Å². The lowest BCUT2D eigenvalue weighted by molar-refractivity contribution is 0.400. The standard InChI is InChI=1S/C22H17N5O4S/c1-14-11-24-20-8-7-16(13-27(20)22(14)28)17-9-18(21(31-2)25-12-17)26-32(29,30)19-6-4-3-5-15(19)10-23/h3-9,11-13,26H,1-2H3. The van der Waals surface area contributed by atoms with E-state index in [1.54, 1.807) is 37.4 Å². The second kappa shape index (κ2) is 8.13. The predicted octanol–water partition coefficient (Wildman–Crippen LogP) is 2.75. The van der Waals surface area contributed by atoms with Crippen LogP contribution in [-0.4, -0.2) is 29.9 Å². The molecular weight excluding hydrogens is 430 g/mol. The average molecular weight is 447 g/mol. The smallest absolute Gasteiger partial charge is 0.263 e. The minimum Gasteiger partial charge on any atom is -0.480 e. The van der Waals surface area contributed by atoms with Gasteiger partial charge >= 0.3 is 0 Å². The molecule has 1 N–H and O–H groups in total. The minimum atomic E-state index is -4.09.